The quantitative estimate of drug-likeness (QED) is 0.630. The molecule has 0 fully saturated rings. The number of nitrogens with zero attached hydrogens (tertiary/aromatic N) is 4. The second kappa shape index (κ2) is 8.26. The summed E-state index contributed by atoms with van der Waals surface area (Å²) in [6.07, 6.45) is -2.51. The van der Waals surface area contributed by atoms with Gasteiger partial charge in [-0.2, -0.15) is 5.10 Å². The molecule has 7 heteroatoms. The van der Waals surface area contributed by atoms with Crippen molar-refractivity contribution in [2.75, 3.05) is 21.2 Å². The van der Waals surface area contributed by atoms with Gasteiger partial charge in [0.1, 0.15) is 12.3 Å². The standard InChI is InChI=1S/C20H22F2N4O/c1-25(2)12-14-5-4-6-16(11-14)20-23-19(24-26(20)13-18(21)22)15-7-9-17(27-3)10-8-15/h4-11,18H,12-13H2,1-3H3. The van der Waals surface area contributed by atoms with Crippen LogP contribution in [0, 0.1) is 0 Å². The third-order valence-corrected chi connectivity index (χ3v) is 4.01. The molecule has 0 aliphatic rings. The van der Waals surface area contributed by atoms with Crippen LogP contribution in [0.3, 0.4) is 0 Å². The smallest absolute Gasteiger partial charge is 0.258 e. The SMILES string of the molecule is COc1ccc(-c2nc(-c3cccc(CN(C)C)c3)n(CC(F)F)n2)cc1. The maximum absolute atomic E-state index is 13.1. The number of halogens is 2. The van der Waals surface area contributed by atoms with Crippen molar-refractivity contribution in [1.82, 2.24) is 19.7 Å². The fourth-order valence-electron chi connectivity index (χ4n) is 2.85. The highest BCUT2D eigenvalue weighted by atomic mass is 19.3. The summed E-state index contributed by atoms with van der Waals surface area (Å²) in [4.78, 5) is 6.59. The predicted molar refractivity (Wildman–Crippen MR) is 101 cm³/mol. The highest BCUT2D eigenvalue weighted by molar-refractivity contribution is 5.62. The van der Waals surface area contributed by atoms with Crippen molar-refractivity contribution in [1.29, 1.82) is 0 Å². The van der Waals surface area contributed by atoms with Gasteiger partial charge < -0.3 is 9.64 Å². The molecule has 0 saturated carbocycles. The van der Waals surface area contributed by atoms with Gasteiger partial charge in [-0.15, -0.1) is 0 Å². The third-order valence-electron chi connectivity index (χ3n) is 4.01. The lowest BCUT2D eigenvalue weighted by Gasteiger charge is -2.11. The van der Waals surface area contributed by atoms with E-state index in [1.165, 1.54) is 4.68 Å². The Bertz CT molecular complexity index is 891. The largest absolute Gasteiger partial charge is 0.497 e. The Morgan fingerprint density at radius 3 is 2.44 bits per heavy atom. The minimum Gasteiger partial charge on any atom is -0.497 e. The van der Waals surface area contributed by atoms with Crippen molar-refractivity contribution in [3.05, 3.63) is 54.1 Å². The molecule has 27 heavy (non-hydrogen) atoms. The Labute approximate surface area is 157 Å². The summed E-state index contributed by atoms with van der Waals surface area (Å²) in [5.74, 6) is 1.55. The van der Waals surface area contributed by atoms with Gasteiger partial charge in [-0.3, -0.25) is 0 Å². The first kappa shape index (κ1) is 19.0. The van der Waals surface area contributed by atoms with Crippen molar-refractivity contribution in [3.8, 4) is 28.5 Å². The number of benzene rings is 2. The molecule has 0 amide bonds. The zero-order valence-corrected chi connectivity index (χ0v) is 15.6. The van der Waals surface area contributed by atoms with Crippen molar-refractivity contribution in [2.24, 2.45) is 0 Å². The Morgan fingerprint density at radius 2 is 1.81 bits per heavy atom. The molecular formula is C20H22F2N4O. The molecule has 142 valence electrons. The van der Waals surface area contributed by atoms with E-state index in [2.05, 4.69) is 10.1 Å². The Balaban J connectivity index is 2.01. The molecule has 1 heterocycles. The number of methoxy groups -OCH3 is 1. The average molecular weight is 372 g/mol. The minimum atomic E-state index is -2.51. The highest BCUT2D eigenvalue weighted by Gasteiger charge is 2.17. The molecule has 0 spiro atoms. The maximum atomic E-state index is 13.1. The van der Waals surface area contributed by atoms with Crippen LogP contribution in [0.2, 0.25) is 0 Å². The molecule has 3 rings (SSSR count). The van der Waals surface area contributed by atoms with E-state index in [0.717, 1.165) is 23.2 Å². The lowest BCUT2D eigenvalue weighted by atomic mass is 10.1. The van der Waals surface area contributed by atoms with Gasteiger partial charge >= 0.3 is 0 Å². The monoisotopic (exact) mass is 372 g/mol. The van der Waals surface area contributed by atoms with Gasteiger partial charge in [0, 0.05) is 17.7 Å². The molecule has 0 aliphatic heterocycles. The molecular weight excluding hydrogens is 350 g/mol. The second-order valence-electron chi connectivity index (χ2n) is 6.50. The number of alkyl halides is 2. The van der Waals surface area contributed by atoms with Crippen LogP contribution >= 0.6 is 0 Å². The van der Waals surface area contributed by atoms with Crippen LogP contribution in [-0.2, 0) is 13.1 Å². The minimum absolute atomic E-state index is 0.409. The maximum Gasteiger partial charge on any atom is 0.258 e. The topological polar surface area (TPSA) is 43.2 Å². The molecule has 5 nitrogen and oxygen atoms in total. The number of aromatic nitrogens is 3. The summed E-state index contributed by atoms with van der Waals surface area (Å²) in [7, 11) is 5.55. The molecule has 0 N–H and O–H groups in total. The van der Waals surface area contributed by atoms with Gasteiger partial charge in [-0.05, 0) is 50.0 Å². The van der Waals surface area contributed by atoms with Crippen LogP contribution in [0.1, 0.15) is 5.56 Å². The molecule has 0 radical (unpaired) electrons. The van der Waals surface area contributed by atoms with Gasteiger partial charge in [0.2, 0.25) is 0 Å². The number of rotatable bonds is 7. The average Bonchev–Trinajstić information content (AvgIpc) is 3.04. The molecule has 0 aliphatic carbocycles. The fraction of sp³-hybridized carbons (Fsp3) is 0.300. The lowest BCUT2D eigenvalue weighted by molar-refractivity contribution is 0.122. The first-order chi connectivity index (χ1) is 13.0. The zero-order valence-electron chi connectivity index (χ0n) is 15.6. The van der Waals surface area contributed by atoms with E-state index in [4.69, 9.17) is 4.74 Å². The summed E-state index contributed by atoms with van der Waals surface area (Å²) in [5.41, 5.74) is 2.59. The highest BCUT2D eigenvalue weighted by Crippen LogP contribution is 2.25. The second-order valence-corrected chi connectivity index (χ2v) is 6.50. The van der Waals surface area contributed by atoms with Crippen LogP contribution in [0.5, 0.6) is 5.75 Å². The normalized spacial score (nSPS) is 11.4. The zero-order chi connectivity index (χ0) is 19.4. The molecule has 3 aromatic rings. The van der Waals surface area contributed by atoms with Crippen LogP contribution in [0.4, 0.5) is 8.78 Å². The summed E-state index contributed by atoms with van der Waals surface area (Å²) < 4.78 is 32.6. The van der Waals surface area contributed by atoms with Crippen LogP contribution in [0.15, 0.2) is 48.5 Å². The molecule has 0 atom stereocenters. The van der Waals surface area contributed by atoms with Crippen molar-refractivity contribution in [2.45, 2.75) is 19.5 Å². The van der Waals surface area contributed by atoms with E-state index in [9.17, 15) is 8.78 Å². The number of hydrogen-bond acceptors (Lipinski definition) is 4. The van der Waals surface area contributed by atoms with Crippen molar-refractivity contribution >= 4 is 0 Å². The van der Waals surface area contributed by atoms with E-state index < -0.39 is 13.0 Å². The van der Waals surface area contributed by atoms with E-state index in [0.29, 0.717) is 17.4 Å². The molecule has 1 aromatic heterocycles. The molecule has 2 aromatic carbocycles. The summed E-state index contributed by atoms with van der Waals surface area (Å²) in [5, 5.41) is 4.32. The van der Waals surface area contributed by atoms with Gasteiger partial charge in [-0.25, -0.2) is 18.4 Å². The Morgan fingerprint density at radius 1 is 1.07 bits per heavy atom. The summed E-state index contributed by atoms with van der Waals surface area (Å²) in [6, 6.07) is 14.9. The fourth-order valence-corrected chi connectivity index (χ4v) is 2.85. The van der Waals surface area contributed by atoms with Gasteiger partial charge in [-0.1, -0.05) is 18.2 Å². The van der Waals surface area contributed by atoms with Gasteiger partial charge in [0.15, 0.2) is 11.6 Å². The van der Waals surface area contributed by atoms with Gasteiger partial charge in [0.25, 0.3) is 6.43 Å². The first-order valence-electron chi connectivity index (χ1n) is 8.57. The van der Waals surface area contributed by atoms with Crippen LogP contribution in [0.25, 0.3) is 22.8 Å². The Kier molecular flexibility index (Phi) is 5.81. The van der Waals surface area contributed by atoms with Crippen molar-refractivity contribution < 1.29 is 13.5 Å². The molecule has 0 bridgehead atoms. The Hall–Kier alpha value is -2.80. The number of hydrogen-bond donors (Lipinski definition) is 0. The van der Waals surface area contributed by atoms with Crippen LogP contribution in [-0.4, -0.2) is 47.3 Å². The van der Waals surface area contributed by atoms with E-state index in [1.807, 2.05) is 55.4 Å². The van der Waals surface area contributed by atoms with Gasteiger partial charge in [0.05, 0.1) is 7.11 Å². The van der Waals surface area contributed by atoms with Crippen LogP contribution < -0.4 is 4.74 Å². The lowest BCUT2D eigenvalue weighted by Crippen LogP contribution is -2.11. The third kappa shape index (κ3) is 4.68. The number of ether oxygens (including phenoxy) is 1. The van der Waals surface area contributed by atoms with Crippen molar-refractivity contribution in [3.63, 3.8) is 0 Å². The predicted octanol–water partition coefficient (Wildman–Crippen LogP) is 3.95. The summed E-state index contributed by atoms with van der Waals surface area (Å²) in [6.45, 7) is 0.249. The molecule has 0 saturated heterocycles. The first-order valence-corrected chi connectivity index (χ1v) is 8.57. The summed E-state index contributed by atoms with van der Waals surface area (Å²) >= 11 is 0. The molecule has 0 unspecified atom stereocenters. The van der Waals surface area contributed by atoms with E-state index in [-0.39, 0.29) is 0 Å². The van der Waals surface area contributed by atoms with E-state index >= 15 is 0 Å². The van der Waals surface area contributed by atoms with E-state index in [1.54, 1.807) is 19.2 Å².